The number of aromatic nitrogens is 2. The number of amidine groups is 1. The lowest BCUT2D eigenvalue weighted by Gasteiger charge is -2.31. The van der Waals surface area contributed by atoms with Gasteiger partial charge >= 0.3 is 0 Å². The Kier molecular flexibility index (Phi) is 4.25. The molecule has 0 spiro atoms. The van der Waals surface area contributed by atoms with Crippen LogP contribution in [0.3, 0.4) is 0 Å². The number of benzene rings is 1. The third-order valence-corrected chi connectivity index (χ3v) is 4.26. The number of nitrogens with one attached hydrogen (secondary N) is 1. The molecule has 0 saturated heterocycles. The molecule has 7 nitrogen and oxygen atoms in total. The van der Waals surface area contributed by atoms with Crippen LogP contribution in [0.4, 0.5) is 4.39 Å². The molecule has 22 heavy (non-hydrogen) atoms. The molecule has 1 heterocycles. The summed E-state index contributed by atoms with van der Waals surface area (Å²) >= 11 is 1.23. The van der Waals surface area contributed by atoms with Crippen molar-refractivity contribution in [3.8, 4) is 0 Å². The summed E-state index contributed by atoms with van der Waals surface area (Å²) in [7, 11) is 0. The summed E-state index contributed by atoms with van der Waals surface area (Å²) in [4.78, 5) is 0. The first-order valence-corrected chi connectivity index (χ1v) is 7.55. The minimum absolute atomic E-state index is 0.0225. The predicted molar refractivity (Wildman–Crippen MR) is 76.4 cm³/mol. The molecule has 0 amide bonds. The van der Waals surface area contributed by atoms with Gasteiger partial charge in [-0.2, -0.15) is 0 Å². The Morgan fingerprint density at radius 1 is 1.50 bits per heavy atom. The number of fused-ring (bicyclic) bond motifs is 1. The molecule has 116 valence electrons. The van der Waals surface area contributed by atoms with Gasteiger partial charge in [-0.25, -0.2) is 9.02 Å². The second-order valence-corrected chi connectivity index (χ2v) is 5.77. The Morgan fingerprint density at radius 3 is 3.14 bits per heavy atom. The highest BCUT2D eigenvalue weighted by molar-refractivity contribution is 7.99. The molecule has 0 bridgehead atoms. The molecular weight excluding hydrogens is 311 g/mol. The summed E-state index contributed by atoms with van der Waals surface area (Å²) in [6.45, 7) is -0.0225. The fourth-order valence-corrected chi connectivity index (χ4v) is 2.92. The lowest BCUT2D eigenvalue weighted by molar-refractivity contribution is 0.295. The molecule has 0 saturated carbocycles. The highest BCUT2D eigenvalue weighted by atomic mass is 32.2. The number of halogens is 1. The highest BCUT2D eigenvalue weighted by Crippen LogP contribution is 2.34. The molecule has 2 aromatic rings. The van der Waals surface area contributed by atoms with Crippen LogP contribution in [0.1, 0.15) is 22.9 Å². The van der Waals surface area contributed by atoms with E-state index in [-0.39, 0.29) is 30.0 Å². The van der Waals surface area contributed by atoms with Crippen molar-refractivity contribution in [2.75, 3.05) is 12.4 Å². The number of rotatable bonds is 5. The molecule has 1 aromatic carbocycles. The smallest absolute Gasteiger partial charge is 0.198 e. The molecule has 0 fully saturated rings. The molecule has 0 radical (unpaired) electrons. The molecule has 1 atom stereocenters. The van der Waals surface area contributed by atoms with E-state index in [0.717, 1.165) is 11.1 Å². The fraction of sp³-hybridized carbons (Fsp3) is 0.308. The van der Waals surface area contributed by atoms with Crippen molar-refractivity contribution in [3.63, 3.8) is 0 Å². The zero-order valence-electron chi connectivity index (χ0n) is 11.4. The van der Waals surface area contributed by atoms with Gasteiger partial charge in [-0.05, 0) is 40.0 Å². The van der Waals surface area contributed by atoms with Crippen LogP contribution in [0.5, 0.6) is 0 Å². The minimum Gasteiger partial charge on any atom is -0.409 e. The van der Waals surface area contributed by atoms with Gasteiger partial charge in [-0.3, -0.25) is 0 Å². The van der Waals surface area contributed by atoms with Gasteiger partial charge in [0.15, 0.2) is 16.6 Å². The normalized spacial score (nSPS) is 17.0. The molecule has 3 N–H and O–H groups in total. The van der Waals surface area contributed by atoms with Crippen LogP contribution in [0.2, 0.25) is 0 Å². The van der Waals surface area contributed by atoms with Gasteiger partial charge in [0.1, 0.15) is 5.82 Å². The predicted octanol–water partition coefficient (Wildman–Crippen LogP) is 1.32. The number of aliphatic hydroxyl groups is 1. The van der Waals surface area contributed by atoms with E-state index in [1.54, 1.807) is 6.07 Å². The zero-order chi connectivity index (χ0) is 15.5. The third-order valence-electron chi connectivity index (χ3n) is 3.33. The van der Waals surface area contributed by atoms with E-state index < -0.39 is 0 Å². The summed E-state index contributed by atoms with van der Waals surface area (Å²) in [5.74, 6) is 0.203. The maximum atomic E-state index is 13.3. The van der Waals surface area contributed by atoms with Crippen molar-refractivity contribution >= 4 is 17.6 Å². The monoisotopic (exact) mass is 324 g/mol. The second kappa shape index (κ2) is 6.32. The van der Waals surface area contributed by atoms with Crippen LogP contribution in [-0.2, 0) is 6.42 Å². The van der Waals surface area contributed by atoms with Crippen molar-refractivity contribution < 1.29 is 19.3 Å². The Bertz CT molecular complexity index is 706. The van der Waals surface area contributed by atoms with Gasteiger partial charge < -0.3 is 15.6 Å². The van der Waals surface area contributed by atoms with Gasteiger partial charge in [0.2, 0.25) is 0 Å². The minimum atomic E-state index is -0.310. The first kappa shape index (κ1) is 14.8. The van der Waals surface area contributed by atoms with E-state index in [0.29, 0.717) is 17.2 Å². The maximum Gasteiger partial charge on any atom is 0.198 e. The Morgan fingerprint density at radius 2 is 2.36 bits per heavy atom. The number of hydrogen-bond acceptors (Lipinski definition) is 7. The van der Waals surface area contributed by atoms with E-state index in [4.69, 9.17) is 5.11 Å². The number of nitrogens with zero attached hydrogens (tertiary/aromatic N) is 3. The van der Waals surface area contributed by atoms with Crippen LogP contribution in [0.15, 0.2) is 33.0 Å². The van der Waals surface area contributed by atoms with Gasteiger partial charge in [0.25, 0.3) is 0 Å². The molecule has 3 rings (SSSR count). The largest absolute Gasteiger partial charge is 0.409 e. The van der Waals surface area contributed by atoms with Gasteiger partial charge in [-0.1, -0.05) is 23.0 Å². The molecule has 0 unspecified atom stereocenters. The van der Waals surface area contributed by atoms with E-state index in [2.05, 4.69) is 25.4 Å². The number of hydrogen-bond donors (Lipinski definition) is 3. The topological polar surface area (TPSA) is 104 Å². The third kappa shape index (κ3) is 2.77. The van der Waals surface area contributed by atoms with Crippen LogP contribution in [-0.4, -0.2) is 38.8 Å². The van der Waals surface area contributed by atoms with Gasteiger partial charge in [0.05, 0.1) is 12.6 Å². The molecule has 1 aliphatic carbocycles. The lowest BCUT2D eigenvalue weighted by atomic mass is 9.83. The van der Waals surface area contributed by atoms with Crippen LogP contribution >= 0.6 is 11.8 Å². The molecule has 0 aliphatic heterocycles. The standard InChI is InChI=1S/C13H13FN4O3S/c14-8-2-1-7-5-10(9(7)6-8)15-12(16-20)11-13(18-21-17-11)22-4-3-19/h1-2,6,10,19-20H,3-5H2,(H,15,16)/t10-/m0/s1. The number of aliphatic hydroxyl groups excluding tert-OH is 1. The molecule has 1 aromatic heterocycles. The second-order valence-electron chi connectivity index (χ2n) is 4.68. The van der Waals surface area contributed by atoms with E-state index in [1.165, 1.54) is 23.9 Å². The van der Waals surface area contributed by atoms with Crippen LogP contribution in [0.25, 0.3) is 0 Å². The first-order chi connectivity index (χ1) is 10.7. The van der Waals surface area contributed by atoms with Crippen molar-refractivity contribution in [1.82, 2.24) is 15.6 Å². The van der Waals surface area contributed by atoms with Crippen molar-refractivity contribution in [2.24, 2.45) is 5.16 Å². The van der Waals surface area contributed by atoms with Gasteiger partial charge in [-0.15, -0.1) is 0 Å². The summed E-state index contributed by atoms with van der Waals surface area (Å²) in [5.41, 5.74) is 2.12. The maximum absolute atomic E-state index is 13.3. The SMILES string of the molecule is OCCSc1nonc1/C(=N\O)N[C@H]1Cc2ccc(F)cc21. The Labute approximate surface area is 129 Å². The van der Waals surface area contributed by atoms with E-state index >= 15 is 0 Å². The quantitative estimate of drug-likeness (QED) is 0.250. The van der Waals surface area contributed by atoms with E-state index in [9.17, 15) is 9.60 Å². The highest BCUT2D eigenvalue weighted by Gasteiger charge is 2.29. The number of oxime groups is 1. The van der Waals surface area contributed by atoms with Crippen molar-refractivity contribution in [2.45, 2.75) is 17.5 Å². The molecule has 1 aliphatic rings. The van der Waals surface area contributed by atoms with Gasteiger partial charge in [0, 0.05) is 5.75 Å². The van der Waals surface area contributed by atoms with Crippen molar-refractivity contribution in [1.29, 1.82) is 0 Å². The van der Waals surface area contributed by atoms with Crippen LogP contribution in [0, 0.1) is 5.82 Å². The Hall–Kier alpha value is -2.13. The molecular formula is C13H13FN4O3S. The van der Waals surface area contributed by atoms with Crippen LogP contribution < -0.4 is 5.32 Å². The lowest BCUT2D eigenvalue weighted by Crippen LogP contribution is -2.36. The summed E-state index contributed by atoms with van der Waals surface area (Å²) in [5, 5.41) is 32.1. The average Bonchev–Trinajstić information content (AvgIpc) is 2.97. The summed E-state index contributed by atoms with van der Waals surface area (Å²) in [6.07, 6.45) is 0.693. The van der Waals surface area contributed by atoms with Crippen molar-refractivity contribution in [3.05, 3.63) is 40.8 Å². The zero-order valence-corrected chi connectivity index (χ0v) is 12.2. The summed E-state index contributed by atoms with van der Waals surface area (Å²) in [6, 6.07) is 4.44. The molecule has 9 heteroatoms. The first-order valence-electron chi connectivity index (χ1n) is 6.56. The summed E-state index contributed by atoms with van der Waals surface area (Å²) < 4.78 is 17.9. The Balaban J connectivity index is 1.76. The van der Waals surface area contributed by atoms with E-state index in [1.807, 2.05) is 0 Å². The fourth-order valence-electron chi connectivity index (χ4n) is 2.28. The number of thioether (sulfide) groups is 1. The average molecular weight is 324 g/mol.